The van der Waals surface area contributed by atoms with E-state index in [2.05, 4.69) is 75.0 Å². The molecule has 0 saturated carbocycles. The summed E-state index contributed by atoms with van der Waals surface area (Å²) in [5, 5.41) is 19.6. The van der Waals surface area contributed by atoms with Gasteiger partial charge in [-0.3, -0.25) is 0 Å². The summed E-state index contributed by atoms with van der Waals surface area (Å²) in [4.78, 5) is 11.7. The lowest BCUT2D eigenvalue weighted by atomic mass is 9.84. The lowest BCUT2D eigenvalue weighted by molar-refractivity contribution is -0.137. The minimum Gasteiger partial charge on any atom is -0.493 e. The Morgan fingerprint density at radius 2 is 1.48 bits per heavy atom. The minimum atomic E-state index is -0.560. The van der Waals surface area contributed by atoms with Gasteiger partial charge in [0.05, 0.1) is 26.4 Å². The van der Waals surface area contributed by atoms with Crippen LogP contribution in [0.25, 0.3) is 11.1 Å². The van der Waals surface area contributed by atoms with Crippen molar-refractivity contribution in [2.45, 2.75) is 85.0 Å². The molecule has 3 aromatic carbocycles. The monoisotopic (exact) mass is 600 g/mol. The number of aliphatic hydroxyl groups is 2. The van der Waals surface area contributed by atoms with Crippen LogP contribution in [-0.4, -0.2) is 42.6 Å². The maximum Gasteiger partial charge on any atom is 0.330 e. The van der Waals surface area contributed by atoms with Gasteiger partial charge in [0, 0.05) is 17.9 Å². The van der Waals surface area contributed by atoms with Crippen LogP contribution in [0.5, 0.6) is 5.75 Å². The molecule has 0 fully saturated rings. The molecular formula is C39H52O5. The molecule has 3 aromatic rings. The van der Waals surface area contributed by atoms with Crippen LogP contribution in [0.15, 0.2) is 73.3 Å². The van der Waals surface area contributed by atoms with Crippen LogP contribution in [0.1, 0.15) is 80.7 Å². The molecular weight excluding hydrogens is 548 g/mol. The third-order valence-electron chi connectivity index (χ3n) is 8.81. The first kappa shape index (κ1) is 35.1. The van der Waals surface area contributed by atoms with Crippen molar-refractivity contribution < 1.29 is 24.5 Å². The summed E-state index contributed by atoms with van der Waals surface area (Å²) < 4.78 is 11.5. The van der Waals surface area contributed by atoms with Crippen LogP contribution in [0.2, 0.25) is 0 Å². The molecule has 0 bridgehead atoms. The summed E-state index contributed by atoms with van der Waals surface area (Å²) in [5.74, 6) is 0.268. The molecule has 238 valence electrons. The largest absolute Gasteiger partial charge is 0.493 e. The van der Waals surface area contributed by atoms with Gasteiger partial charge >= 0.3 is 5.97 Å². The van der Waals surface area contributed by atoms with E-state index in [1.807, 2.05) is 13.0 Å². The summed E-state index contributed by atoms with van der Waals surface area (Å²) in [5.41, 5.74) is 8.10. The van der Waals surface area contributed by atoms with Gasteiger partial charge in [0.15, 0.2) is 0 Å². The van der Waals surface area contributed by atoms with Crippen LogP contribution in [0.4, 0.5) is 0 Å². The van der Waals surface area contributed by atoms with Crippen LogP contribution in [0, 0.1) is 5.41 Å². The molecule has 5 heteroatoms. The molecule has 0 aliphatic heterocycles. The fraction of sp³-hybridized carbons (Fsp3) is 0.462. The topological polar surface area (TPSA) is 76.0 Å². The Bertz CT molecular complexity index is 1300. The summed E-state index contributed by atoms with van der Waals surface area (Å²) in [6.07, 6.45) is 10.8. The maximum absolute atomic E-state index is 11.7. The van der Waals surface area contributed by atoms with E-state index in [0.29, 0.717) is 25.9 Å². The molecule has 0 atom stereocenters. The number of unbranched alkanes of at least 4 members (excludes halogenated alkanes) is 2. The summed E-state index contributed by atoms with van der Waals surface area (Å²) in [6.45, 7) is 10.3. The zero-order valence-corrected chi connectivity index (χ0v) is 27.1. The van der Waals surface area contributed by atoms with Crippen molar-refractivity contribution in [2.75, 3.05) is 26.4 Å². The van der Waals surface area contributed by atoms with E-state index in [4.69, 9.17) is 9.47 Å². The van der Waals surface area contributed by atoms with Gasteiger partial charge in [0.25, 0.3) is 0 Å². The second kappa shape index (κ2) is 18.4. The van der Waals surface area contributed by atoms with Crippen LogP contribution in [-0.2, 0) is 41.6 Å². The van der Waals surface area contributed by atoms with Crippen molar-refractivity contribution in [1.82, 2.24) is 0 Å². The number of rotatable bonds is 20. The summed E-state index contributed by atoms with van der Waals surface area (Å²) >= 11 is 0. The Kier molecular flexibility index (Phi) is 14.7. The SMILES string of the molecule is C=CC(=O)OCCc1cc(-c2ccc(CCc3ccc(CCCCC)cc3)cc2CC)ccc1OCCC(CC)(CO)CO. The Morgan fingerprint density at radius 1 is 0.795 bits per heavy atom. The lowest BCUT2D eigenvalue weighted by Crippen LogP contribution is -2.31. The Morgan fingerprint density at radius 3 is 2.11 bits per heavy atom. The van der Waals surface area contributed by atoms with Gasteiger partial charge in [-0.1, -0.05) is 88.7 Å². The predicted molar refractivity (Wildman–Crippen MR) is 180 cm³/mol. The predicted octanol–water partition coefficient (Wildman–Crippen LogP) is 7.86. The highest BCUT2D eigenvalue weighted by atomic mass is 16.5. The quantitative estimate of drug-likeness (QED) is 0.0785. The van der Waals surface area contributed by atoms with E-state index in [-0.39, 0.29) is 19.8 Å². The molecule has 0 heterocycles. The fourth-order valence-electron chi connectivity index (χ4n) is 5.51. The van der Waals surface area contributed by atoms with Crippen molar-refractivity contribution in [2.24, 2.45) is 5.41 Å². The minimum absolute atomic E-state index is 0.0894. The second-order valence-electron chi connectivity index (χ2n) is 11.8. The number of hydrogen-bond donors (Lipinski definition) is 2. The summed E-state index contributed by atoms with van der Waals surface area (Å²) in [7, 11) is 0. The molecule has 2 N–H and O–H groups in total. The van der Waals surface area contributed by atoms with Crippen molar-refractivity contribution >= 4 is 5.97 Å². The zero-order chi connectivity index (χ0) is 31.8. The number of aryl methyl sites for hydroxylation is 4. The standard InChI is InChI=1S/C39H52O5/c1-5-9-10-11-30-12-14-31(15-13-30)16-17-32-18-20-36(33(6-2)26-32)34-19-21-37(35(27-34)22-24-44-38(42)7-3)43-25-23-39(8-4,28-40)29-41/h7,12-15,18-21,26-27,40-41H,3,5-6,8-11,16-17,22-25,28-29H2,1-2,4H3. The van der Waals surface area contributed by atoms with Gasteiger partial charge in [-0.25, -0.2) is 4.79 Å². The normalized spacial score (nSPS) is 11.4. The van der Waals surface area contributed by atoms with E-state index in [0.717, 1.165) is 42.6 Å². The van der Waals surface area contributed by atoms with E-state index in [1.165, 1.54) is 53.2 Å². The number of esters is 1. The maximum atomic E-state index is 11.7. The molecule has 0 aliphatic rings. The molecule has 0 saturated heterocycles. The van der Waals surface area contributed by atoms with Gasteiger partial charge in [-0.2, -0.15) is 0 Å². The van der Waals surface area contributed by atoms with Crippen LogP contribution < -0.4 is 4.74 Å². The molecule has 0 aromatic heterocycles. The number of benzene rings is 3. The lowest BCUT2D eigenvalue weighted by Gasteiger charge is -2.28. The molecule has 0 spiro atoms. The van der Waals surface area contributed by atoms with Crippen molar-refractivity contribution in [3.63, 3.8) is 0 Å². The molecule has 0 amide bonds. The van der Waals surface area contributed by atoms with Crippen molar-refractivity contribution in [1.29, 1.82) is 0 Å². The molecule has 3 rings (SSSR count). The van der Waals surface area contributed by atoms with E-state index in [9.17, 15) is 15.0 Å². The van der Waals surface area contributed by atoms with Crippen molar-refractivity contribution in [3.05, 3.63) is 101 Å². The number of carbonyl (C=O) groups is 1. The van der Waals surface area contributed by atoms with Gasteiger partial charge in [-0.05, 0) is 96.0 Å². The third kappa shape index (κ3) is 10.3. The smallest absolute Gasteiger partial charge is 0.330 e. The zero-order valence-electron chi connectivity index (χ0n) is 27.1. The van der Waals surface area contributed by atoms with Gasteiger partial charge in [0.2, 0.25) is 0 Å². The van der Waals surface area contributed by atoms with Crippen molar-refractivity contribution in [3.8, 4) is 16.9 Å². The Labute approximate surface area is 264 Å². The van der Waals surface area contributed by atoms with Gasteiger partial charge in [-0.15, -0.1) is 0 Å². The number of ether oxygens (including phenoxy) is 2. The molecule has 0 radical (unpaired) electrons. The molecule has 5 nitrogen and oxygen atoms in total. The molecule has 44 heavy (non-hydrogen) atoms. The first-order valence-corrected chi connectivity index (χ1v) is 16.4. The van der Waals surface area contributed by atoms with E-state index < -0.39 is 11.4 Å². The fourth-order valence-corrected chi connectivity index (χ4v) is 5.51. The number of carbonyl (C=O) groups excluding carboxylic acids is 1. The van der Waals surface area contributed by atoms with Gasteiger partial charge < -0.3 is 19.7 Å². The van der Waals surface area contributed by atoms with Crippen LogP contribution in [0.3, 0.4) is 0 Å². The summed E-state index contributed by atoms with van der Waals surface area (Å²) in [6, 6.07) is 22.1. The molecule has 0 unspecified atom stereocenters. The average molecular weight is 601 g/mol. The first-order valence-electron chi connectivity index (χ1n) is 16.4. The van der Waals surface area contributed by atoms with Gasteiger partial charge in [0.1, 0.15) is 5.75 Å². The number of aliphatic hydroxyl groups excluding tert-OH is 2. The first-order chi connectivity index (χ1) is 21.4. The Balaban J connectivity index is 1.75. The Hall–Kier alpha value is -3.41. The average Bonchev–Trinajstić information content (AvgIpc) is 3.07. The second-order valence-corrected chi connectivity index (χ2v) is 11.8. The highest BCUT2D eigenvalue weighted by molar-refractivity contribution is 5.81. The molecule has 0 aliphatic carbocycles. The van der Waals surface area contributed by atoms with E-state index >= 15 is 0 Å². The number of hydrogen-bond acceptors (Lipinski definition) is 5. The van der Waals surface area contributed by atoms with Crippen LogP contribution >= 0.6 is 0 Å². The highest BCUT2D eigenvalue weighted by Gasteiger charge is 2.26. The highest BCUT2D eigenvalue weighted by Crippen LogP contribution is 2.32. The van der Waals surface area contributed by atoms with E-state index in [1.54, 1.807) is 0 Å². The third-order valence-corrected chi connectivity index (χ3v) is 8.81.